The molecule has 1 aromatic heterocycles. The Labute approximate surface area is 172 Å². The quantitative estimate of drug-likeness (QED) is 0.570. The molecule has 1 unspecified atom stereocenters. The van der Waals surface area contributed by atoms with Crippen LogP contribution in [0.15, 0.2) is 52.5 Å². The highest BCUT2D eigenvalue weighted by Crippen LogP contribution is 2.25. The maximum atomic E-state index is 12.6. The first-order chi connectivity index (χ1) is 13.6. The van der Waals surface area contributed by atoms with Gasteiger partial charge in [-0.15, -0.1) is 5.10 Å². The van der Waals surface area contributed by atoms with E-state index in [0.717, 1.165) is 16.8 Å². The zero-order valence-corrected chi connectivity index (χ0v) is 17.7. The fourth-order valence-electron chi connectivity index (χ4n) is 2.48. The number of tetrazole rings is 1. The summed E-state index contributed by atoms with van der Waals surface area (Å²) in [5.41, 5.74) is 3.40. The third-order valence-electron chi connectivity index (χ3n) is 4.26. The first-order valence-corrected chi connectivity index (χ1v) is 11.0. The molecule has 1 heterocycles. The van der Waals surface area contributed by atoms with Gasteiger partial charge in [0.2, 0.25) is 21.1 Å². The summed E-state index contributed by atoms with van der Waals surface area (Å²) < 4.78 is 24.5. The highest BCUT2D eigenvalue weighted by molar-refractivity contribution is 8.00. The van der Waals surface area contributed by atoms with Gasteiger partial charge in [0.05, 0.1) is 15.8 Å². The van der Waals surface area contributed by atoms with Crippen molar-refractivity contribution in [1.29, 1.82) is 0 Å². The zero-order valence-electron chi connectivity index (χ0n) is 16.0. The maximum absolute atomic E-state index is 12.6. The number of aromatic nitrogens is 4. The van der Waals surface area contributed by atoms with Crippen molar-refractivity contribution < 1.29 is 13.2 Å². The topological polar surface area (TPSA) is 133 Å². The van der Waals surface area contributed by atoms with Gasteiger partial charge in [-0.3, -0.25) is 4.79 Å². The van der Waals surface area contributed by atoms with E-state index < -0.39 is 15.3 Å². The summed E-state index contributed by atoms with van der Waals surface area (Å²) in [7, 11) is -3.85. The second-order valence-corrected chi connectivity index (χ2v) is 9.33. The number of carbonyl (C=O) groups is 1. The second-order valence-electron chi connectivity index (χ2n) is 6.46. The van der Waals surface area contributed by atoms with Gasteiger partial charge in [-0.2, -0.15) is 4.68 Å². The van der Waals surface area contributed by atoms with Gasteiger partial charge in [0.15, 0.2) is 0 Å². The number of nitrogens with two attached hydrogens (primary N) is 1. The summed E-state index contributed by atoms with van der Waals surface area (Å²) in [5, 5.41) is 19.5. The van der Waals surface area contributed by atoms with Gasteiger partial charge >= 0.3 is 0 Å². The molecule has 3 rings (SSSR count). The molecule has 29 heavy (non-hydrogen) atoms. The molecule has 0 radical (unpaired) electrons. The van der Waals surface area contributed by atoms with Gasteiger partial charge in [0, 0.05) is 5.69 Å². The maximum Gasteiger partial charge on any atom is 0.238 e. The third kappa shape index (κ3) is 5.00. The number of nitrogens with zero attached hydrogens (tertiary/aromatic N) is 4. The van der Waals surface area contributed by atoms with Crippen molar-refractivity contribution in [3.8, 4) is 5.69 Å². The van der Waals surface area contributed by atoms with E-state index in [0.29, 0.717) is 10.8 Å². The molecule has 1 amide bonds. The number of hydrogen-bond donors (Lipinski definition) is 2. The fourth-order valence-corrected chi connectivity index (χ4v) is 3.85. The van der Waals surface area contributed by atoms with E-state index in [1.54, 1.807) is 17.7 Å². The van der Waals surface area contributed by atoms with Gasteiger partial charge in [0.25, 0.3) is 0 Å². The monoisotopic (exact) mass is 432 g/mol. The van der Waals surface area contributed by atoms with Crippen molar-refractivity contribution in [2.75, 3.05) is 5.32 Å². The molecule has 0 aliphatic heterocycles. The number of anilines is 1. The molecule has 0 aliphatic carbocycles. The van der Waals surface area contributed by atoms with Crippen LogP contribution in [0.3, 0.4) is 0 Å². The summed E-state index contributed by atoms with van der Waals surface area (Å²) in [6, 6.07) is 11.6. The van der Waals surface area contributed by atoms with E-state index in [1.165, 1.54) is 30.0 Å². The summed E-state index contributed by atoms with van der Waals surface area (Å²) in [5.74, 6) is -0.323. The lowest BCUT2D eigenvalue weighted by molar-refractivity contribution is -0.115. The van der Waals surface area contributed by atoms with E-state index in [-0.39, 0.29) is 10.8 Å². The van der Waals surface area contributed by atoms with Crippen LogP contribution in [-0.4, -0.2) is 39.8 Å². The lowest BCUT2D eigenvalue weighted by Gasteiger charge is -2.12. The van der Waals surface area contributed by atoms with Gasteiger partial charge in [-0.1, -0.05) is 23.9 Å². The minimum absolute atomic E-state index is 0.0747. The normalized spacial score (nSPS) is 12.6. The first kappa shape index (κ1) is 21.0. The SMILES string of the molecule is Cc1ccc(-n2nnnc2SC(C)C(=O)Nc2cccc(S(N)(=O)=O)c2)cc1C. The van der Waals surface area contributed by atoms with Crippen molar-refractivity contribution >= 4 is 33.4 Å². The smallest absolute Gasteiger partial charge is 0.238 e. The van der Waals surface area contributed by atoms with Gasteiger partial charge in [0.1, 0.15) is 0 Å². The van der Waals surface area contributed by atoms with Crippen LogP contribution in [0.2, 0.25) is 0 Å². The molecule has 1 atom stereocenters. The Morgan fingerprint density at radius 1 is 1.17 bits per heavy atom. The Morgan fingerprint density at radius 3 is 2.62 bits per heavy atom. The van der Waals surface area contributed by atoms with E-state index in [1.807, 2.05) is 32.0 Å². The first-order valence-electron chi connectivity index (χ1n) is 8.61. The van der Waals surface area contributed by atoms with Crippen LogP contribution >= 0.6 is 11.8 Å². The lowest BCUT2D eigenvalue weighted by Crippen LogP contribution is -2.23. The molecule has 0 spiro atoms. The number of aryl methyl sites for hydroxylation is 2. The number of sulfonamides is 1. The van der Waals surface area contributed by atoms with E-state index in [9.17, 15) is 13.2 Å². The Hall–Kier alpha value is -2.76. The molecule has 2 aromatic carbocycles. The van der Waals surface area contributed by atoms with Crippen molar-refractivity contribution in [3.05, 3.63) is 53.6 Å². The van der Waals surface area contributed by atoms with Crippen LogP contribution < -0.4 is 10.5 Å². The summed E-state index contributed by atoms with van der Waals surface area (Å²) >= 11 is 1.19. The van der Waals surface area contributed by atoms with Crippen molar-refractivity contribution in [3.63, 3.8) is 0 Å². The Kier molecular flexibility index (Phi) is 6.01. The standard InChI is InChI=1S/C18H20N6O3S2/c1-11-7-8-15(9-12(11)2)24-18(21-22-23-24)28-13(3)17(25)20-14-5-4-6-16(10-14)29(19,26)27/h4-10,13H,1-3H3,(H,20,25)(H2,19,26,27). The van der Waals surface area contributed by atoms with Gasteiger partial charge < -0.3 is 5.32 Å². The van der Waals surface area contributed by atoms with Crippen LogP contribution in [-0.2, 0) is 14.8 Å². The van der Waals surface area contributed by atoms with Crippen LogP contribution in [0.25, 0.3) is 5.69 Å². The largest absolute Gasteiger partial charge is 0.325 e. The van der Waals surface area contributed by atoms with Crippen LogP contribution in [0.5, 0.6) is 0 Å². The second kappa shape index (κ2) is 8.31. The molecule has 152 valence electrons. The molecule has 3 aromatic rings. The van der Waals surface area contributed by atoms with Crippen molar-refractivity contribution in [2.45, 2.75) is 36.1 Å². The molecule has 0 saturated carbocycles. The van der Waals surface area contributed by atoms with Crippen LogP contribution in [0.1, 0.15) is 18.1 Å². The molecule has 0 saturated heterocycles. The zero-order chi connectivity index (χ0) is 21.2. The van der Waals surface area contributed by atoms with Gasteiger partial charge in [-0.25, -0.2) is 13.6 Å². The highest BCUT2D eigenvalue weighted by Gasteiger charge is 2.20. The Bertz CT molecular complexity index is 1160. The fraction of sp³-hybridized carbons (Fsp3) is 0.222. The van der Waals surface area contributed by atoms with Crippen LogP contribution in [0.4, 0.5) is 5.69 Å². The number of benzene rings is 2. The summed E-state index contributed by atoms with van der Waals surface area (Å²) in [6.07, 6.45) is 0. The molecule has 0 fully saturated rings. The van der Waals surface area contributed by atoms with Crippen molar-refractivity contribution in [1.82, 2.24) is 20.2 Å². The molecule has 0 bridgehead atoms. The average molecular weight is 433 g/mol. The molecule has 11 heteroatoms. The number of thioether (sulfide) groups is 1. The predicted molar refractivity (Wildman–Crippen MR) is 110 cm³/mol. The molecule has 0 aliphatic rings. The number of primary sulfonamides is 1. The Morgan fingerprint density at radius 2 is 1.93 bits per heavy atom. The predicted octanol–water partition coefficient (Wildman–Crippen LogP) is 2.05. The third-order valence-corrected chi connectivity index (χ3v) is 6.20. The highest BCUT2D eigenvalue weighted by atomic mass is 32.2. The lowest BCUT2D eigenvalue weighted by atomic mass is 10.1. The summed E-state index contributed by atoms with van der Waals surface area (Å²) in [4.78, 5) is 12.5. The number of carbonyl (C=O) groups excluding carboxylic acids is 1. The van der Waals surface area contributed by atoms with E-state index in [2.05, 4.69) is 20.8 Å². The van der Waals surface area contributed by atoms with Crippen LogP contribution in [0, 0.1) is 13.8 Å². The number of hydrogen-bond acceptors (Lipinski definition) is 7. The van der Waals surface area contributed by atoms with E-state index in [4.69, 9.17) is 5.14 Å². The summed E-state index contributed by atoms with van der Waals surface area (Å²) in [6.45, 7) is 5.73. The molecule has 9 nitrogen and oxygen atoms in total. The molecular formula is C18H20N6O3S2. The number of rotatable bonds is 6. The minimum Gasteiger partial charge on any atom is -0.325 e. The number of nitrogens with one attached hydrogen (secondary N) is 1. The average Bonchev–Trinajstić information content (AvgIpc) is 3.11. The molecular weight excluding hydrogens is 412 g/mol. The van der Waals surface area contributed by atoms with E-state index >= 15 is 0 Å². The van der Waals surface area contributed by atoms with Gasteiger partial charge in [-0.05, 0) is 72.7 Å². The Balaban J connectivity index is 1.74. The molecule has 3 N–H and O–H groups in total. The minimum atomic E-state index is -3.85. The number of amides is 1. The van der Waals surface area contributed by atoms with Crippen molar-refractivity contribution in [2.24, 2.45) is 5.14 Å².